The second-order valence-electron chi connectivity index (χ2n) is 7.68. The maximum Gasteiger partial charge on any atom is 0.412 e. The van der Waals surface area contributed by atoms with Crippen molar-refractivity contribution in [2.75, 3.05) is 25.6 Å². The molecule has 0 spiro atoms. The molecule has 0 bridgehead atoms. The number of amides is 1. The first-order valence-electron chi connectivity index (χ1n) is 9.52. The van der Waals surface area contributed by atoms with Gasteiger partial charge in [-0.3, -0.25) is 10.1 Å². The fourth-order valence-corrected chi connectivity index (χ4v) is 2.74. The van der Waals surface area contributed by atoms with Gasteiger partial charge in [0.1, 0.15) is 17.0 Å². The van der Waals surface area contributed by atoms with E-state index < -0.39 is 17.7 Å². The first-order valence-corrected chi connectivity index (χ1v) is 9.52. The zero-order chi connectivity index (χ0) is 22.5. The van der Waals surface area contributed by atoms with Gasteiger partial charge < -0.3 is 23.9 Å². The van der Waals surface area contributed by atoms with Gasteiger partial charge in [-0.2, -0.15) is 0 Å². The lowest BCUT2D eigenvalue weighted by Crippen LogP contribution is -2.27. The Morgan fingerprint density at radius 1 is 1.13 bits per heavy atom. The Bertz CT molecular complexity index is 941. The quantitative estimate of drug-likeness (QED) is 0.396. The molecule has 9 heteroatoms. The summed E-state index contributed by atoms with van der Waals surface area (Å²) in [4.78, 5) is 38.1. The van der Waals surface area contributed by atoms with Crippen LogP contribution >= 0.6 is 0 Å². The third kappa shape index (κ3) is 6.13. The summed E-state index contributed by atoms with van der Waals surface area (Å²) in [5.41, 5.74) is 1.42. The third-order valence-electron chi connectivity index (χ3n) is 4.04. The van der Waals surface area contributed by atoms with Gasteiger partial charge in [0.05, 0.1) is 31.5 Å². The summed E-state index contributed by atoms with van der Waals surface area (Å²) in [6.45, 7) is 8.97. The molecule has 1 heterocycles. The molecule has 2 rings (SSSR count). The van der Waals surface area contributed by atoms with Gasteiger partial charge in [0.15, 0.2) is 0 Å². The molecule has 0 unspecified atom stereocenters. The van der Waals surface area contributed by atoms with Crippen molar-refractivity contribution < 1.29 is 33.3 Å². The van der Waals surface area contributed by atoms with Crippen molar-refractivity contribution in [1.29, 1.82) is 0 Å². The van der Waals surface area contributed by atoms with E-state index >= 15 is 0 Å². The molecule has 0 aliphatic rings. The minimum Gasteiger partial charge on any atom is -0.491 e. The van der Waals surface area contributed by atoms with E-state index in [2.05, 4.69) is 10.3 Å². The summed E-state index contributed by atoms with van der Waals surface area (Å²) in [6.07, 6.45) is -0.122. The lowest BCUT2D eigenvalue weighted by molar-refractivity contribution is -0.141. The maximum absolute atomic E-state index is 12.2. The van der Waals surface area contributed by atoms with Crippen molar-refractivity contribution in [2.45, 2.75) is 46.6 Å². The second kappa shape index (κ2) is 9.51. The third-order valence-corrected chi connectivity index (χ3v) is 4.04. The molecule has 9 nitrogen and oxygen atoms in total. The number of anilines is 1. The van der Waals surface area contributed by atoms with Gasteiger partial charge in [0.25, 0.3) is 0 Å². The van der Waals surface area contributed by atoms with E-state index in [4.69, 9.17) is 18.9 Å². The van der Waals surface area contributed by atoms with Crippen LogP contribution in [0.5, 0.6) is 5.75 Å². The van der Waals surface area contributed by atoms with Crippen molar-refractivity contribution in [3.05, 3.63) is 23.4 Å². The maximum atomic E-state index is 12.2. The van der Waals surface area contributed by atoms with Crippen LogP contribution in [-0.4, -0.2) is 48.9 Å². The number of rotatable bonds is 7. The number of H-pyrrole nitrogens is 1. The average molecular weight is 420 g/mol. The van der Waals surface area contributed by atoms with Crippen LogP contribution in [0.3, 0.4) is 0 Å². The number of aromatic nitrogens is 1. The first kappa shape index (κ1) is 23.1. The zero-order valence-corrected chi connectivity index (χ0v) is 18.1. The van der Waals surface area contributed by atoms with Crippen molar-refractivity contribution in [3.63, 3.8) is 0 Å². The van der Waals surface area contributed by atoms with E-state index in [0.29, 0.717) is 28.8 Å². The molecule has 0 aliphatic heterocycles. The molecule has 1 aromatic carbocycles. The highest BCUT2D eigenvalue weighted by molar-refractivity contribution is 6.01. The molecule has 0 saturated carbocycles. The van der Waals surface area contributed by atoms with E-state index in [1.165, 1.54) is 14.0 Å². The summed E-state index contributed by atoms with van der Waals surface area (Å²) in [6, 6.07) is 3.30. The van der Waals surface area contributed by atoms with Gasteiger partial charge in [-0.05, 0) is 39.3 Å². The summed E-state index contributed by atoms with van der Waals surface area (Å²) < 4.78 is 20.8. The number of aryl methyl sites for hydroxylation is 1. The molecule has 0 fully saturated rings. The smallest absolute Gasteiger partial charge is 0.412 e. The molecule has 30 heavy (non-hydrogen) atoms. The van der Waals surface area contributed by atoms with Gasteiger partial charge in [0.2, 0.25) is 0 Å². The number of carbonyl (C=O) groups excluding carboxylic acids is 3. The van der Waals surface area contributed by atoms with Crippen molar-refractivity contribution >= 4 is 34.6 Å². The standard InChI is InChI=1S/C21H28N2O7/c1-12-14-10-16(19(25)27-6)22-18(14)17(29-9-7-8-28-13(2)24)11-15(12)23-20(26)30-21(3,4)5/h10-11,22H,7-9H2,1-6H3,(H,23,26). The van der Waals surface area contributed by atoms with Crippen LogP contribution in [0, 0.1) is 6.92 Å². The van der Waals surface area contributed by atoms with E-state index in [1.54, 1.807) is 32.9 Å². The van der Waals surface area contributed by atoms with Crippen molar-refractivity contribution in [1.82, 2.24) is 4.98 Å². The van der Waals surface area contributed by atoms with Crippen LogP contribution in [0.2, 0.25) is 0 Å². The Hall–Kier alpha value is -3.23. The molecule has 1 amide bonds. The number of benzene rings is 1. The zero-order valence-electron chi connectivity index (χ0n) is 18.1. The number of nitrogens with one attached hydrogen (secondary N) is 2. The normalized spacial score (nSPS) is 11.1. The van der Waals surface area contributed by atoms with Crippen molar-refractivity contribution in [3.8, 4) is 5.75 Å². The Labute approximate surface area is 175 Å². The van der Waals surface area contributed by atoms with Crippen LogP contribution in [0.4, 0.5) is 10.5 Å². The number of ether oxygens (including phenoxy) is 4. The molecule has 0 radical (unpaired) electrons. The number of hydrogen-bond acceptors (Lipinski definition) is 7. The fourth-order valence-electron chi connectivity index (χ4n) is 2.74. The Morgan fingerprint density at radius 2 is 1.83 bits per heavy atom. The highest BCUT2D eigenvalue weighted by Crippen LogP contribution is 2.35. The fraction of sp³-hybridized carbons (Fsp3) is 0.476. The van der Waals surface area contributed by atoms with E-state index in [0.717, 1.165) is 5.56 Å². The van der Waals surface area contributed by atoms with Gasteiger partial charge in [-0.1, -0.05) is 0 Å². The SMILES string of the molecule is COC(=O)c1cc2c(C)c(NC(=O)OC(C)(C)C)cc(OCCCOC(C)=O)c2[nH]1. The summed E-state index contributed by atoms with van der Waals surface area (Å²) in [5.74, 6) is -0.448. The number of esters is 2. The van der Waals surface area contributed by atoms with Crippen LogP contribution in [0.25, 0.3) is 10.9 Å². The summed E-state index contributed by atoms with van der Waals surface area (Å²) in [5, 5.41) is 3.42. The van der Waals surface area contributed by atoms with Gasteiger partial charge in [0, 0.05) is 24.8 Å². The lowest BCUT2D eigenvalue weighted by Gasteiger charge is -2.20. The number of fused-ring (bicyclic) bond motifs is 1. The highest BCUT2D eigenvalue weighted by Gasteiger charge is 2.20. The molecule has 2 N–H and O–H groups in total. The topological polar surface area (TPSA) is 116 Å². The second-order valence-corrected chi connectivity index (χ2v) is 7.68. The molecule has 164 valence electrons. The minimum atomic E-state index is -0.649. The van der Waals surface area contributed by atoms with Gasteiger partial charge in [-0.15, -0.1) is 0 Å². The highest BCUT2D eigenvalue weighted by atomic mass is 16.6. The number of hydrogen-bond donors (Lipinski definition) is 2. The Balaban J connectivity index is 2.34. The van der Waals surface area contributed by atoms with Crippen LogP contribution < -0.4 is 10.1 Å². The van der Waals surface area contributed by atoms with Gasteiger partial charge in [-0.25, -0.2) is 9.59 Å². The molecule has 1 aromatic heterocycles. The molecular weight excluding hydrogens is 392 g/mol. The summed E-state index contributed by atoms with van der Waals surface area (Å²) in [7, 11) is 1.29. The molecule has 0 saturated heterocycles. The van der Waals surface area contributed by atoms with Crippen LogP contribution in [0.15, 0.2) is 12.1 Å². The monoisotopic (exact) mass is 420 g/mol. The van der Waals surface area contributed by atoms with E-state index in [-0.39, 0.29) is 24.9 Å². The van der Waals surface area contributed by atoms with E-state index in [1.807, 2.05) is 6.92 Å². The van der Waals surface area contributed by atoms with E-state index in [9.17, 15) is 14.4 Å². The Kier molecular flexibility index (Phi) is 7.31. The first-order chi connectivity index (χ1) is 14.0. The Morgan fingerprint density at radius 3 is 2.43 bits per heavy atom. The molecular formula is C21H28N2O7. The van der Waals surface area contributed by atoms with Crippen LogP contribution in [0.1, 0.15) is 50.2 Å². The number of aromatic amines is 1. The number of methoxy groups -OCH3 is 1. The summed E-state index contributed by atoms with van der Waals surface area (Å²) >= 11 is 0. The largest absolute Gasteiger partial charge is 0.491 e. The van der Waals surface area contributed by atoms with Gasteiger partial charge >= 0.3 is 18.0 Å². The predicted molar refractivity (Wildman–Crippen MR) is 111 cm³/mol. The predicted octanol–water partition coefficient (Wildman–Crippen LogP) is 3.94. The molecule has 0 atom stereocenters. The minimum absolute atomic E-state index is 0.228. The number of carbonyl (C=O) groups is 3. The lowest BCUT2D eigenvalue weighted by atomic mass is 10.1. The molecule has 0 aliphatic carbocycles. The average Bonchev–Trinajstić information content (AvgIpc) is 3.08. The van der Waals surface area contributed by atoms with Crippen molar-refractivity contribution in [2.24, 2.45) is 0 Å². The van der Waals surface area contributed by atoms with Crippen LogP contribution in [-0.2, 0) is 19.0 Å². The molecule has 2 aromatic rings.